The highest BCUT2D eigenvalue weighted by Crippen LogP contribution is 2.31. The Hall–Kier alpha value is -2.19. The molecular formula is C19H19NO. The summed E-state index contributed by atoms with van der Waals surface area (Å²) < 4.78 is 0. The zero-order valence-electron chi connectivity index (χ0n) is 12.3. The fourth-order valence-electron chi connectivity index (χ4n) is 2.66. The van der Waals surface area contributed by atoms with E-state index in [2.05, 4.69) is 30.1 Å². The van der Waals surface area contributed by atoms with E-state index in [0.717, 1.165) is 27.7 Å². The molecule has 21 heavy (non-hydrogen) atoms. The zero-order chi connectivity index (χ0) is 14.8. The molecule has 1 aromatic heterocycles. The topological polar surface area (TPSA) is 33.1 Å². The summed E-state index contributed by atoms with van der Waals surface area (Å²) in [5, 5.41) is 11.7. The number of rotatable bonds is 3. The predicted molar refractivity (Wildman–Crippen MR) is 86.3 cm³/mol. The normalized spacial score (nSPS) is 14.0. The minimum atomic E-state index is -0.516. The first-order chi connectivity index (χ1) is 10.1. The van der Waals surface area contributed by atoms with Gasteiger partial charge in [0.2, 0.25) is 0 Å². The Balaban J connectivity index is 1.94. The van der Waals surface area contributed by atoms with Crippen molar-refractivity contribution in [2.75, 3.05) is 0 Å². The molecule has 0 bridgehead atoms. The number of aromatic nitrogens is 1. The maximum atomic E-state index is 10.6. The van der Waals surface area contributed by atoms with Gasteiger partial charge in [-0.1, -0.05) is 49.4 Å². The minimum absolute atomic E-state index is 0.0575. The summed E-state index contributed by atoms with van der Waals surface area (Å²) in [5.74, 6) is 0.0575. The van der Waals surface area contributed by atoms with Crippen LogP contribution in [0.2, 0.25) is 0 Å². The molecule has 0 amide bonds. The van der Waals surface area contributed by atoms with E-state index in [9.17, 15) is 5.11 Å². The molecule has 0 saturated carbocycles. The van der Waals surface area contributed by atoms with Crippen LogP contribution in [-0.2, 0) is 0 Å². The van der Waals surface area contributed by atoms with Crippen LogP contribution >= 0.6 is 0 Å². The minimum Gasteiger partial charge on any atom is -0.388 e. The number of aryl methyl sites for hydroxylation is 1. The van der Waals surface area contributed by atoms with Crippen LogP contribution in [0.3, 0.4) is 0 Å². The fourth-order valence-corrected chi connectivity index (χ4v) is 2.66. The van der Waals surface area contributed by atoms with Crippen LogP contribution in [0.15, 0.2) is 60.7 Å². The molecule has 106 valence electrons. The molecule has 3 rings (SSSR count). The Labute approximate surface area is 125 Å². The van der Waals surface area contributed by atoms with Gasteiger partial charge in [0.25, 0.3) is 0 Å². The number of fused-ring (bicyclic) bond motifs is 1. The van der Waals surface area contributed by atoms with Crippen LogP contribution in [0.1, 0.15) is 35.8 Å². The van der Waals surface area contributed by atoms with Gasteiger partial charge in [-0.05, 0) is 36.2 Å². The molecule has 0 aliphatic carbocycles. The third-order valence-electron chi connectivity index (χ3n) is 3.99. The van der Waals surface area contributed by atoms with Gasteiger partial charge in [-0.25, -0.2) is 0 Å². The summed E-state index contributed by atoms with van der Waals surface area (Å²) in [6.07, 6.45) is -0.516. The quantitative estimate of drug-likeness (QED) is 0.770. The van der Waals surface area contributed by atoms with E-state index in [-0.39, 0.29) is 5.92 Å². The van der Waals surface area contributed by atoms with Gasteiger partial charge < -0.3 is 5.11 Å². The van der Waals surface area contributed by atoms with Crippen molar-refractivity contribution in [3.05, 3.63) is 77.5 Å². The van der Waals surface area contributed by atoms with Crippen molar-refractivity contribution in [3.63, 3.8) is 0 Å². The molecule has 0 spiro atoms. The number of benzene rings is 2. The molecular weight excluding hydrogens is 258 g/mol. The first-order valence-electron chi connectivity index (χ1n) is 7.25. The smallest absolute Gasteiger partial charge is 0.0856 e. The highest BCUT2D eigenvalue weighted by molar-refractivity contribution is 5.79. The maximum Gasteiger partial charge on any atom is 0.0856 e. The van der Waals surface area contributed by atoms with Crippen LogP contribution in [0.4, 0.5) is 0 Å². The molecule has 2 heteroatoms. The summed E-state index contributed by atoms with van der Waals surface area (Å²) >= 11 is 0. The third kappa shape index (κ3) is 2.81. The lowest BCUT2D eigenvalue weighted by Crippen LogP contribution is -2.07. The fraction of sp³-hybridized carbons (Fsp3) is 0.211. The van der Waals surface area contributed by atoms with Crippen molar-refractivity contribution in [2.45, 2.75) is 25.9 Å². The molecule has 1 N–H and O–H groups in total. The third-order valence-corrected chi connectivity index (χ3v) is 3.99. The molecule has 0 saturated heterocycles. The van der Waals surface area contributed by atoms with Crippen LogP contribution in [0, 0.1) is 6.92 Å². The number of aliphatic hydroxyl groups is 1. The van der Waals surface area contributed by atoms with Crippen LogP contribution in [0.25, 0.3) is 10.9 Å². The number of pyridine rings is 1. The van der Waals surface area contributed by atoms with Crippen molar-refractivity contribution < 1.29 is 5.11 Å². The second kappa shape index (κ2) is 5.66. The Bertz CT molecular complexity index is 752. The van der Waals surface area contributed by atoms with Crippen LogP contribution < -0.4 is 0 Å². The van der Waals surface area contributed by atoms with Gasteiger partial charge in [0, 0.05) is 17.0 Å². The lowest BCUT2D eigenvalue weighted by molar-refractivity contribution is 0.152. The van der Waals surface area contributed by atoms with Crippen molar-refractivity contribution >= 4 is 10.9 Å². The van der Waals surface area contributed by atoms with Gasteiger partial charge in [-0.2, -0.15) is 0 Å². The summed E-state index contributed by atoms with van der Waals surface area (Å²) in [4.78, 5) is 4.50. The molecule has 2 atom stereocenters. The summed E-state index contributed by atoms with van der Waals surface area (Å²) in [7, 11) is 0. The van der Waals surface area contributed by atoms with Gasteiger partial charge in [0.1, 0.15) is 0 Å². The summed E-state index contributed by atoms with van der Waals surface area (Å²) in [6.45, 7) is 4.04. The monoisotopic (exact) mass is 277 g/mol. The van der Waals surface area contributed by atoms with E-state index < -0.39 is 6.10 Å². The highest BCUT2D eigenvalue weighted by atomic mass is 16.3. The van der Waals surface area contributed by atoms with Crippen molar-refractivity contribution in [1.29, 1.82) is 0 Å². The second-order valence-corrected chi connectivity index (χ2v) is 5.55. The largest absolute Gasteiger partial charge is 0.388 e. The predicted octanol–water partition coefficient (Wildman–Crippen LogP) is 4.38. The second-order valence-electron chi connectivity index (χ2n) is 5.55. The van der Waals surface area contributed by atoms with Crippen LogP contribution in [-0.4, -0.2) is 10.1 Å². The summed E-state index contributed by atoms with van der Waals surface area (Å²) in [5.41, 5.74) is 4.06. The molecule has 3 aromatic rings. The summed E-state index contributed by atoms with van der Waals surface area (Å²) in [6, 6.07) is 20.2. The first kappa shape index (κ1) is 13.8. The Morgan fingerprint density at radius 2 is 1.67 bits per heavy atom. The van der Waals surface area contributed by atoms with Gasteiger partial charge in [0.05, 0.1) is 11.6 Å². The Morgan fingerprint density at radius 3 is 2.43 bits per heavy atom. The van der Waals surface area contributed by atoms with Crippen LogP contribution in [0.5, 0.6) is 0 Å². The van der Waals surface area contributed by atoms with Crippen molar-refractivity contribution in [1.82, 2.24) is 4.98 Å². The maximum absolute atomic E-state index is 10.6. The molecule has 0 radical (unpaired) electrons. The highest BCUT2D eigenvalue weighted by Gasteiger charge is 2.18. The van der Waals surface area contributed by atoms with Crippen molar-refractivity contribution in [3.8, 4) is 0 Å². The number of nitrogens with zero attached hydrogens (tertiary/aromatic N) is 1. The van der Waals surface area contributed by atoms with E-state index in [1.807, 2.05) is 49.4 Å². The van der Waals surface area contributed by atoms with E-state index in [0.29, 0.717) is 0 Å². The standard InChI is InChI=1S/C19H19NO/c1-13-8-9-16-12-17(10-11-18(16)20-13)19(21)14(2)15-6-4-3-5-7-15/h3-12,14,19,21H,1-2H3. The molecule has 2 nitrogen and oxygen atoms in total. The zero-order valence-corrected chi connectivity index (χ0v) is 12.3. The van der Waals surface area contributed by atoms with E-state index >= 15 is 0 Å². The number of hydrogen-bond acceptors (Lipinski definition) is 2. The van der Waals surface area contributed by atoms with E-state index in [4.69, 9.17) is 0 Å². The van der Waals surface area contributed by atoms with Crippen molar-refractivity contribution in [2.24, 2.45) is 0 Å². The molecule has 0 fully saturated rings. The Morgan fingerprint density at radius 1 is 0.905 bits per heavy atom. The van der Waals surface area contributed by atoms with E-state index in [1.54, 1.807) is 0 Å². The number of aliphatic hydroxyl groups excluding tert-OH is 1. The average molecular weight is 277 g/mol. The lowest BCUT2D eigenvalue weighted by Gasteiger charge is -2.20. The van der Waals surface area contributed by atoms with Gasteiger partial charge in [-0.15, -0.1) is 0 Å². The molecule has 2 unspecified atom stereocenters. The Kier molecular flexibility index (Phi) is 3.72. The van der Waals surface area contributed by atoms with Gasteiger partial charge in [-0.3, -0.25) is 4.98 Å². The first-order valence-corrected chi connectivity index (χ1v) is 7.25. The average Bonchev–Trinajstić information content (AvgIpc) is 2.53. The lowest BCUT2D eigenvalue weighted by atomic mass is 9.90. The molecule has 0 aliphatic rings. The van der Waals surface area contributed by atoms with Gasteiger partial charge in [0.15, 0.2) is 0 Å². The van der Waals surface area contributed by atoms with Gasteiger partial charge >= 0.3 is 0 Å². The molecule has 1 heterocycles. The molecule has 0 aliphatic heterocycles. The van der Waals surface area contributed by atoms with E-state index in [1.165, 1.54) is 0 Å². The SMILES string of the molecule is Cc1ccc2cc(C(O)C(C)c3ccccc3)ccc2n1. The molecule has 2 aromatic carbocycles. The number of hydrogen-bond donors (Lipinski definition) is 1.